The average Bonchev–Trinajstić information content (AvgIpc) is 1.69. The molecule has 28 nitrogen and oxygen atoms in total. The molecule has 4 amide bonds. The number of carbonyl (C=O) groups is 4. The Hall–Kier alpha value is -12.4. The Labute approximate surface area is 671 Å². The van der Waals surface area contributed by atoms with E-state index < -0.39 is 0 Å². The number of amides is 4. The highest BCUT2D eigenvalue weighted by atomic mass is 16.5. The van der Waals surface area contributed by atoms with E-state index in [2.05, 4.69) is 61.1 Å². The summed E-state index contributed by atoms with van der Waals surface area (Å²) in [5.41, 5.74) is 21.9. The van der Waals surface area contributed by atoms with Crippen molar-refractivity contribution in [3.05, 3.63) is 180 Å². The van der Waals surface area contributed by atoms with Gasteiger partial charge >= 0.3 is 22.8 Å². The summed E-state index contributed by atoms with van der Waals surface area (Å²) in [5, 5.41) is 12.1. The monoisotopic (exact) mass is 1580 g/mol. The number of aromatic amines is 4. The van der Waals surface area contributed by atoms with Crippen LogP contribution in [0.4, 0.5) is 22.7 Å². The quantitative estimate of drug-likeness (QED) is 0.0445. The van der Waals surface area contributed by atoms with Crippen molar-refractivity contribution < 1.29 is 38.1 Å². The summed E-state index contributed by atoms with van der Waals surface area (Å²) in [5.74, 6) is 4.08. The van der Waals surface area contributed by atoms with E-state index in [4.69, 9.17) is 18.9 Å². The van der Waals surface area contributed by atoms with Gasteiger partial charge in [-0.1, -0.05) is 77.7 Å². The molecule has 4 aromatic carbocycles. The highest BCUT2D eigenvalue weighted by molar-refractivity contribution is 5.98. The third kappa shape index (κ3) is 18.2. The van der Waals surface area contributed by atoms with Crippen LogP contribution in [0.1, 0.15) is 167 Å². The van der Waals surface area contributed by atoms with E-state index in [1.165, 1.54) is 18.3 Å². The molecule has 0 saturated heterocycles. The molecule has 115 heavy (non-hydrogen) atoms. The number of fused-ring (bicyclic) bond motifs is 4. The zero-order valence-electron chi connectivity index (χ0n) is 69.4. The number of H-pyrrole nitrogens is 4. The van der Waals surface area contributed by atoms with E-state index in [-0.39, 0.29) is 92.3 Å². The predicted octanol–water partition coefficient (Wildman–Crippen LogP) is 17.4. The number of hydrogen-bond donors (Lipinski definition) is 8. The van der Waals surface area contributed by atoms with Gasteiger partial charge in [0.25, 0.3) is 0 Å². The molecular formula is C87H116N16O12. The van der Waals surface area contributed by atoms with Crippen LogP contribution in [-0.2, 0) is 47.4 Å². The van der Waals surface area contributed by atoms with E-state index in [9.17, 15) is 38.4 Å². The molecule has 0 aliphatic rings. The summed E-state index contributed by atoms with van der Waals surface area (Å²) in [4.78, 5) is 125. The molecule has 8 aromatic heterocycles. The number of benzene rings is 4. The highest BCUT2D eigenvalue weighted by Gasteiger charge is 2.27. The lowest BCUT2D eigenvalue weighted by molar-refractivity contribution is -0.119. The van der Waals surface area contributed by atoms with Gasteiger partial charge in [-0.15, -0.1) is 0 Å². The third-order valence-electron chi connectivity index (χ3n) is 21.1. The van der Waals surface area contributed by atoms with Gasteiger partial charge in [-0.2, -0.15) is 0 Å². The lowest BCUT2D eigenvalue weighted by Crippen LogP contribution is -2.20. The molecule has 12 aromatic rings. The van der Waals surface area contributed by atoms with Gasteiger partial charge in [0.2, 0.25) is 23.6 Å². The maximum Gasteiger partial charge on any atom is 0.329 e. The summed E-state index contributed by atoms with van der Waals surface area (Å²) < 4.78 is 31.1. The summed E-state index contributed by atoms with van der Waals surface area (Å²) >= 11 is 0. The average molecular weight is 1580 g/mol. The number of imidazole rings is 4. The number of hydrogen-bond acceptors (Lipinski definition) is 16. The number of aromatic nitrogens is 12. The molecule has 0 aliphatic carbocycles. The molecule has 0 bridgehead atoms. The minimum Gasteiger partial charge on any atom is -0.454 e. The van der Waals surface area contributed by atoms with Crippen LogP contribution in [0, 0.1) is 134 Å². The van der Waals surface area contributed by atoms with E-state index in [0.29, 0.717) is 90.7 Å². The van der Waals surface area contributed by atoms with Crippen LogP contribution in [0.3, 0.4) is 0 Å². The Morgan fingerprint density at radius 3 is 0.991 bits per heavy atom. The van der Waals surface area contributed by atoms with Crippen molar-refractivity contribution in [3.63, 3.8) is 0 Å². The van der Waals surface area contributed by atoms with Crippen LogP contribution in [0.15, 0.2) is 68.2 Å². The minimum atomic E-state index is -0.341. The zero-order chi connectivity index (χ0) is 83.0. The second kappa shape index (κ2) is 36.6. The summed E-state index contributed by atoms with van der Waals surface area (Å²) in [6.07, 6.45) is 6.41. The lowest BCUT2D eigenvalue weighted by Gasteiger charge is -2.22. The van der Waals surface area contributed by atoms with Crippen molar-refractivity contribution in [1.82, 2.24) is 58.1 Å². The summed E-state index contributed by atoms with van der Waals surface area (Å²) in [6, 6.07) is 6.91. The predicted molar refractivity (Wildman–Crippen MR) is 461 cm³/mol. The number of rotatable bonds is 16. The van der Waals surface area contributed by atoms with Gasteiger partial charge in [0, 0.05) is 123 Å². The van der Waals surface area contributed by atoms with Crippen LogP contribution in [0.25, 0.3) is 44.7 Å². The number of nitrogens with one attached hydrogen (secondary N) is 8. The first-order valence-electron chi connectivity index (χ1n) is 37.0. The van der Waals surface area contributed by atoms with Gasteiger partial charge in [0.15, 0.2) is 45.6 Å². The van der Waals surface area contributed by atoms with E-state index >= 15 is 0 Å². The van der Waals surface area contributed by atoms with Crippen molar-refractivity contribution in [2.75, 3.05) is 21.3 Å². The van der Waals surface area contributed by atoms with Crippen LogP contribution < -0.4 is 63.0 Å². The second-order valence-corrected chi connectivity index (χ2v) is 29.8. The van der Waals surface area contributed by atoms with Gasteiger partial charge in [-0.05, 0) is 178 Å². The maximum atomic E-state index is 12.3. The van der Waals surface area contributed by atoms with Crippen LogP contribution in [0.5, 0.6) is 46.0 Å². The summed E-state index contributed by atoms with van der Waals surface area (Å²) in [6.45, 7) is 46.6. The molecule has 0 aliphatic heterocycles. The van der Waals surface area contributed by atoms with Gasteiger partial charge in [-0.25, -0.2) is 39.1 Å². The van der Waals surface area contributed by atoms with E-state index in [0.717, 1.165) is 112 Å². The first-order chi connectivity index (χ1) is 52.5. The van der Waals surface area contributed by atoms with Gasteiger partial charge in [-0.3, -0.25) is 47.4 Å². The first kappa shape index (κ1) is 91.5. The van der Waals surface area contributed by atoms with Crippen molar-refractivity contribution in [3.8, 4) is 46.0 Å². The van der Waals surface area contributed by atoms with Gasteiger partial charge in [0.1, 0.15) is 45.1 Å². The molecule has 0 fully saturated rings. The number of aryl methyl sites for hydroxylation is 4. The first-order valence-corrected chi connectivity index (χ1v) is 37.0. The minimum absolute atomic E-state index is 0. The molecule has 8 heterocycles. The molecule has 0 atom stereocenters. The number of ether oxygens (including phenoxy) is 4. The standard InChI is InChI=1S/C22H28N4O3.2C21H26N4O3.C20H24N4O3.3CH4/c1-11(2)21(27)24-17-13(4)12(3)14(5)19(15(17)6)29-16-9-10-23-20-18(16)25(7)22(28)26(20)8;1-10(2)20(26)23-16-12(4)11(3)13(5)18(14(16)6)28-15-8-9-22-19-17(15)25(7)21(27)24-19;1-10(2)20(26)23-16-12(4)11(3)13(5)18(14(16)6)28-15-8-9-22-19-17(15)24-21(27)25(19)7;1-9(2)19(25)22-15-11(4)10(3)12(5)17(13(15)6)27-14-7-8-21-18-16(14)23-20(26)24-18;;;/h9-11H,1-8H3,(H,24,27);8-10H,1-7H3,(H,23,26)(H,22,24,27);8-10H,1-7H3,(H,23,26)(H,24,27);7-9H,1-6H3,(H,22,25)(H2,21,23,24,26);3*1H4. The largest absolute Gasteiger partial charge is 0.454 e. The topological polar surface area (TPSA) is 356 Å². The van der Waals surface area contributed by atoms with Gasteiger partial charge in [0.05, 0.1) is 22.7 Å². The van der Waals surface area contributed by atoms with Crippen LogP contribution >= 0.6 is 0 Å². The third-order valence-corrected chi connectivity index (χ3v) is 21.1. The van der Waals surface area contributed by atoms with Gasteiger partial charge < -0.3 is 50.2 Å². The lowest BCUT2D eigenvalue weighted by atomic mass is 9.96. The Kier molecular flexibility index (Phi) is 29.2. The maximum absolute atomic E-state index is 12.3. The van der Waals surface area contributed by atoms with E-state index in [1.54, 1.807) is 77.2 Å². The van der Waals surface area contributed by atoms with Crippen LogP contribution in [-0.4, -0.2) is 81.8 Å². The molecule has 0 saturated carbocycles. The molecule has 8 N–H and O–H groups in total. The molecular weight excluding hydrogens is 1460 g/mol. The smallest absolute Gasteiger partial charge is 0.329 e. The fourth-order valence-electron chi connectivity index (χ4n) is 13.0. The highest BCUT2D eigenvalue weighted by Crippen LogP contribution is 2.45. The molecule has 0 radical (unpaired) electrons. The molecule has 28 heteroatoms. The van der Waals surface area contributed by atoms with Crippen molar-refractivity contribution in [2.24, 2.45) is 51.9 Å². The Balaban J connectivity index is 0.000000237. The Morgan fingerprint density at radius 2 is 0.626 bits per heavy atom. The number of nitrogens with zero attached hydrogens (tertiary/aromatic N) is 8. The molecule has 12 rings (SSSR count). The Bertz CT molecular complexity index is 6010. The molecule has 616 valence electrons. The SMILES string of the molecule is C.C.C.Cc1c(C)c(NC(=O)C(C)C)c(C)c(Oc2ccnc3[nH]c(=O)[nH]c23)c1C.Cc1c(C)c(NC(=O)C(C)C)c(C)c(Oc2ccnc3[nH]c(=O)n(C)c23)c1C.Cc1c(C)c(NC(=O)C(C)C)c(C)c(Oc2ccnc3c2[nH]c(=O)n3C)c1C.Cc1c(C)c(NC(=O)C(C)C)c(C)c(Oc2ccnc3c2n(C)c(=O)n3C)c1C. The molecule has 0 spiro atoms. The zero-order valence-corrected chi connectivity index (χ0v) is 69.4. The van der Waals surface area contributed by atoms with Crippen molar-refractivity contribution in [1.29, 1.82) is 0 Å². The normalized spacial score (nSPS) is 11.0. The van der Waals surface area contributed by atoms with E-state index in [1.807, 2.05) is 166 Å². The number of anilines is 4. The number of pyridine rings is 4. The second-order valence-electron chi connectivity index (χ2n) is 29.8. The fraction of sp³-hybridized carbons (Fsp3) is 0.402. The Morgan fingerprint density at radius 1 is 0.322 bits per heavy atom. The number of carbonyl (C=O) groups excluding carboxylic acids is 4. The van der Waals surface area contributed by atoms with Crippen molar-refractivity contribution in [2.45, 2.75) is 188 Å². The molecule has 0 unspecified atom stereocenters. The summed E-state index contributed by atoms with van der Waals surface area (Å²) in [7, 11) is 6.72. The van der Waals surface area contributed by atoms with Crippen molar-refractivity contribution >= 4 is 91.0 Å². The van der Waals surface area contributed by atoms with Crippen LogP contribution in [0.2, 0.25) is 0 Å². The fourth-order valence-corrected chi connectivity index (χ4v) is 13.0.